The van der Waals surface area contributed by atoms with Gasteiger partial charge in [-0.05, 0) is 37.6 Å². The van der Waals surface area contributed by atoms with E-state index < -0.39 is 5.60 Å². The molecule has 2 atom stereocenters. The zero-order valence-corrected chi connectivity index (χ0v) is 15.4. The number of benzene rings is 2. The van der Waals surface area contributed by atoms with Crippen LogP contribution >= 0.6 is 0 Å². The lowest BCUT2D eigenvalue weighted by Crippen LogP contribution is -2.29. The van der Waals surface area contributed by atoms with Crippen LogP contribution in [0.1, 0.15) is 37.5 Å². The summed E-state index contributed by atoms with van der Waals surface area (Å²) < 4.78 is 22.4. The van der Waals surface area contributed by atoms with Crippen molar-refractivity contribution in [1.82, 2.24) is 0 Å². The van der Waals surface area contributed by atoms with Gasteiger partial charge < -0.3 is 18.9 Å². The van der Waals surface area contributed by atoms with E-state index in [1.54, 1.807) is 0 Å². The highest BCUT2D eigenvalue weighted by Gasteiger charge is 2.31. The van der Waals surface area contributed by atoms with Crippen LogP contribution in [0.5, 0.6) is 11.5 Å². The average Bonchev–Trinajstić information content (AvgIpc) is 3.05. The average molecular weight is 356 g/mol. The van der Waals surface area contributed by atoms with Crippen molar-refractivity contribution < 1.29 is 23.7 Å². The normalized spacial score (nSPS) is 17.7. The fourth-order valence-corrected chi connectivity index (χ4v) is 3.18. The Hall–Kier alpha value is -2.53. The molecule has 1 aliphatic rings. The minimum absolute atomic E-state index is 0.120. The van der Waals surface area contributed by atoms with Crippen LogP contribution < -0.4 is 9.47 Å². The van der Waals surface area contributed by atoms with E-state index in [0.717, 1.165) is 22.6 Å². The second kappa shape index (κ2) is 7.79. The summed E-state index contributed by atoms with van der Waals surface area (Å²) in [6, 6.07) is 15.5. The molecule has 2 aromatic rings. The Kier molecular flexibility index (Phi) is 5.47. The molecule has 5 nitrogen and oxygen atoms in total. The molecule has 1 aliphatic heterocycles. The lowest BCUT2D eigenvalue weighted by molar-refractivity contribution is -0.148. The van der Waals surface area contributed by atoms with Crippen LogP contribution in [0.4, 0.5) is 0 Å². The molecule has 138 valence electrons. The summed E-state index contributed by atoms with van der Waals surface area (Å²) >= 11 is 0. The first kappa shape index (κ1) is 18.3. The van der Waals surface area contributed by atoms with E-state index in [0.29, 0.717) is 13.2 Å². The van der Waals surface area contributed by atoms with Crippen LogP contribution in [0, 0.1) is 0 Å². The molecule has 0 unspecified atom stereocenters. The smallest absolute Gasteiger partial charge is 0.308 e. The topological polar surface area (TPSA) is 54.0 Å². The van der Waals surface area contributed by atoms with Gasteiger partial charge in [-0.1, -0.05) is 30.3 Å². The number of fused-ring (bicyclic) bond motifs is 1. The van der Waals surface area contributed by atoms with Crippen molar-refractivity contribution in [1.29, 1.82) is 0 Å². The molecule has 0 bridgehead atoms. The minimum Gasteiger partial charge on any atom is -0.489 e. The number of hydrogen-bond donors (Lipinski definition) is 0. The summed E-state index contributed by atoms with van der Waals surface area (Å²) in [5.41, 5.74) is 1.23. The molecule has 0 radical (unpaired) electrons. The Bertz CT molecular complexity index is 755. The van der Waals surface area contributed by atoms with Gasteiger partial charge in [0.05, 0.1) is 13.5 Å². The number of ether oxygens (including phenoxy) is 4. The third-order valence-corrected chi connectivity index (χ3v) is 4.57. The molecule has 0 aliphatic carbocycles. The van der Waals surface area contributed by atoms with Crippen molar-refractivity contribution in [2.75, 3.05) is 20.3 Å². The number of hydrogen-bond acceptors (Lipinski definition) is 5. The van der Waals surface area contributed by atoms with E-state index in [9.17, 15) is 4.79 Å². The molecule has 0 fully saturated rings. The minimum atomic E-state index is -0.733. The Morgan fingerprint density at radius 3 is 2.62 bits per heavy atom. The Morgan fingerprint density at radius 2 is 1.92 bits per heavy atom. The van der Waals surface area contributed by atoms with Crippen LogP contribution in [0.15, 0.2) is 48.5 Å². The van der Waals surface area contributed by atoms with Crippen molar-refractivity contribution in [3.63, 3.8) is 0 Å². The van der Waals surface area contributed by atoms with Crippen LogP contribution in [0.3, 0.4) is 0 Å². The van der Waals surface area contributed by atoms with Gasteiger partial charge in [0.15, 0.2) is 6.10 Å². The Balaban J connectivity index is 1.74. The molecule has 0 spiro atoms. The largest absolute Gasteiger partial charge is 0.489 e. The molecular formula is C21H24O5. The van der Waals surface area contributed by atoms with Gasteiger partial charge in [-0.3, -0.25) is 4.79 Å². The molecule has 26 heavy (non-hydrogen) atoms. The highest BCUT2D eigenvalue weighted by molar-refractivity contribution is 5.70. The summed E-state index contributed by atoms with van der Waals surface area (Å²) in [5, 5.41) is 0. The van der Waals surface area contributed by atoms with E-state index in [4.69, 9.17) is 18.9 Å². The fourth-order valence-electron chi connectivity index (χ4n) is 3.18. The summed E-state index contributed by atoms with van der Waals surface area (Å²) in [7, 11) is 1.38. The molecule has 0 aromatic heterocycles. The number of para-hydroxylation sites is 1. The van der Waals surface area contributed by atoms with E-state index in [2.05, 4.69) is 0 Å². The third-order valence-electron chi connectivity index (χ3n) is 4.57. The van der Waals surface area contributed by atoms with Crippen LogP contribution in [-0.2, 0) is 19.9 Å². The van der Waals surface area contributed by atoms with Crippen molar-refractivity contribution in [3.05, 3.63) is 59.7 Å². The quantitative estimate of drug-likeness (QED) is 0.702. The molecular weight excluding hydrogens is 332 g/mol. The lowest BCUT2D eigenvalue weighted by atomic mass is 9.92. The molecule has 1 heterocycles. The van der Waals surface area contributed by atoms with Gasteiger partial charge in [0, 0.05) is 12.2 Å². The number of carbonyl (C=O) groups excluding carboxylic acids is 1. The maximum absolute atomic E-state index is 11.7. The van der Waals surface area contributed by atoms with Gasteiger partial charge in [0.2, 0.25) is 0 Å². The van der Waals surface area contributed by atoms with Crippen molar-refractivity contribution in [3.8, 4) is 11.5 Å². The maximum atomic E-state index is 11.7. The van der Waals surface area contributed by atoms with E-state index in [1.165, 1.54) is 7.11 Å². The molecule has 0 amide bonds. The predicted molar refractivity (Wildman–Crippen MR) is 97.4 cm³/mol. The molecule has 2 aromatic carbocycles. The van der Waals surface area contributed by atoms with Crippen LogP contribution in [0.2, 0.25) is 0 Å². The van der Waals surface area contributed by atoms with Gasteiger partial charge in [0.25, 0.3) is 0 Å². The third kappa shape index (κ3) is 3.83. The molecule has 3 rings (SSSR count). The molecule has 5 heteroatoms. The molecule has 0 saturated heterocycles. The van der Waals surface area contributed by atoms with Crippen LogP contribution in [0.25, 0.3) is 0 Å². The standard InChI is InChI=1S/C21H24O5/c1-4-25-21(2,13-20(22)23-3)15-9-11-16(12-10-15)26-19-14-24-18-8-6-5-7-17(18)19/h5-12,19H,4,13-14H2,1-3H3/t19-,21+/m1/s1. The monoisotopic (exact) mass is 356 g/mol. The fraction of sp³-hybridized carbons (Fsp3) is 0.381. The Morgan fingerprint density at radius 1 is 1.19 bits per heavy atom. The number of carbonyl (C=O) groups is 1. The summed E-state index contributed by atoms with van der Waals surface area (Å²) in [4.78, 5) is 11.7. The number of methoxy groups -OCH3 is 1. The van der Waals surface area contributed by atoms with E-state index in [1.807, 2.05) is 62.4 Å². The van der Waals surface area contributed by atoms with E-state index in [-0.39, 0.29) is 18.5 Å². The Labute approximate surface area is 153 Å². The number of rotatable bonds is 7. The van der Waals surface area contributed by atoms with Crippen molar-refractivity contribution >= 4 is 5.97 Å². The molecule has 0 saturated carbocycles. The van der Waals surface area contributed by atoms with Crippen molar-refractivity contribution in [2.45, 2.75) is 32.0 Å². The summed E-state index contributed by atoms with van der Waals surface area (Å²) in [5.74, 6) is 1.31. The first-order valence-electron chi connectivity index (χ1n) is 8.75. The van der Waals surface area contributed by atoms with E-state index >= 15 is 0 Å². The van der Waals surface area contributed by atoms with Gasteiger partial charge in [-0.15, -0.1) is 0 Å². The predicted octanol–water partition coefficient (Wildman–Crippen LogP) is 4.01. The van der Waals surface area contributed by atoms with Gasteiger partial charge in [-0.25, -0.2) is 0 Å². The first-order valence-corrected chi connectivity index (χ1v) is 8.75. The van der Waals surface area contributed by atoms with Crippen LogP contribution in [-0.4, -0.2) is 26.3 Å². The summed E-state index contributed by atoms with van der Waals surface area (Å²) in [6.45, 7) is 4.80. The zero-order valence-electron chi connectivity index (χ0n) is 15.4. The number of esters is 1. The second-order valence-electron chi connectivity index (χ2n) is 6.40. The molecule has 0 N–H and O–H groups in total. The zero-order chi connectivity index (χ0) is 18.6. The highest BCUT2D eigenvalue weighted by atomic mass is 16.5. The highest BCUT2D eigenvalue weighted by Crippen LogP contribution is 2.36. The lowest BCUT2D eigenvalue weighted by Gasteiger charge is -2.29. The summed E-state index contributed by atoms with van der Waals surface area (Å²) in [6.07, 6.45) is 0.0341. The van der Waals surface area contributed by atoms with Gasteiger partial charge >= 0.3 is 5.97 Å². The maximum Gasteiger partial charge on any atom is 0.308 e. The second-order valence-corrected chi connectivity index (χ2v) is 6.40. The van der Waals surface area contributed by atoms with Crippen molar-refractivity contribution in [2.24, 2.45) is 0 Å². The van der Waals surface area contributed by atoms with Gasteiger partial charge in [0.1, 0.15) is 23.7 Å². The van der Waals surface area contributed by atoms with Gasteiger partial charge in [-0.2, -0.15) is 0 Å². The first-order chi connectivity index (χ1) is 12.6. The SMILES string of the molecule is CCO[C@@](C)(CC(=O)OC)c1ccc(O[C@@H]2COc3ccccc32)cc1.